The molecule has 0 atom stereocenters. The van der Waals surface area contributed by atoms with E-state index in [0.29, 0.717) is 99.2 Å². The molecule has 13 nitrogen and oxygen atoms in total. The van der Waals surface area contributed by atoms with E-state index in [1.807, 2.05) is 60.7 Å². The van der Waals surface area contributed by atoms with Gasteiger partial charge in [0.05, 0.1) is 127 Å². The molecule has 0 spiro atoms. The Hall–Kier alpha value is -14.3. The Morgan fingerprint density at radius 2 is 0.553 bits per heavy atom. The highest BCUT2D eigenvalue weighted by Gasteiger charge is 2.40. The van der Waals surface area contributed by atoms with Crippen molar-refractivity contribution in [3.05, 3.63) is 268 Å². The van der Waals surface area contributed by atoms with Gasteiger partial charge in [-0.15, -0.1) is 0 Å². The van der Waals surface area contributed by atoms with E-state index in [4.69, 9.17) is 15.0 Å². The molecule has 434 valence electrons. The molecule has 3 heterocycles. The van der Waals surface area contributed by atoms with Gasteiger partial charge >= 0.3 is 6.18 Å². The second-order valence-corrected chi connectivity index (χ2v) is 22.0. The van der Waals surface area contributed by atoms with Crippen LogP contribution >= 0.6 is 0 Å². The Bertz CT molecular complexity index is 5350. The number of benzene rings is 11. The molecule has 0 aliphatic rings. The Balaban J connectivity index is 1.14. The van der Waals surface area contributed by atoms with Crippen molar-refractivity contribution in [3.63, 3.8) is 0 Å². The van der Waals surface area contributed by atoms with E-state index in [0.717, 1.165) is 0 Å². The van der Waals surface area contributed by atoms with Crippen LogP contribution in [0.2, 0.25) is 0 Å². The van der Waals surface area contributed by atoms with Crippen LogP contribution in [-0.2, 0) is 6.18 Å². The fraction of sp³-hybridized carbons (Fsp3) is 0.0128. The molecule has 11 aromatic carbocycles. The van der Waals surface area contributed by atoms with Crippen LogP contribution in [0.3, 0.4) is 0 Å². The lowest BCUT2D eigenvalue weighted by atomic mass is 9.95. The Morgan fingerprint density at radius 3 is 0.809 bits per heavy atom. The van der Waals surface area contributed by atoms with Crippen LogP contribution in [-0.4, -0.2) is 24.1 Å². The molecule has 0 aliphatic carbocycles. The summed E-state index contributed by atoms with van der Waals surface area (Å²) in [6.45, 7) is 0. The second kappa shape index (κ2) is 23.0. The van der Waals surface area contributed by atoms with Crippen molar-refractivity contribution < 1.29 is 13.2 Å². The zero-order valence-corrected chi connectivity index (χ0v) is 48.7. The summed E-state index contributed by atoms with van der Waals surface area (Å²) in [5.74, 6) is 0.489. The number of hydrogen-bond acceptors (Lipinski definition) is 11. The van der Waals surface area contributed by atoms with Gasteiger partial charge in [-0.2, -0.15) is 55.3 Å². The van der Waals surface area contributed by atoms with Crippen molar-refractivity contribution >= 4 is 43.6 Å². The van der Waals surface area contributed by atoms with Gasteiger partial charge in [-0.05, 0) is 154 Å². The highest BCUT2D eigenvalue weighted by Crippen LogP contribution is 2.48. The lowest BCUT2D eigenvalue weighted by Gasteiger charge is -2.23. The van der Waals surface area contributed by atoms with Gasteiger partial charge in [-0.25, -0.2) is 15.0 Å². The molecule has 0 bridgehead atoms. The van der Waals surface area contributed by atoms with E-state index in [1.54, 1.807) is 121 Å². The number of rotatable bonds is 9. The van der Waals surface area contributed by atoms with Crippen molar-refractivity contribution in [2.75, 3.05) is 0 Å². The molecule has 14 aromatic rings. The Morgan fingerprint density at radius 1 is 0.277 bits per heavy atom. The summed E-state index contributed by atoms with van der Waals surface area (Å²) in [6.07, 6.45) is -5.18. The van der Waals surface area contributed by atoms with Crippen molar-refractivity contribution in [1.29, 1.82) is 42.1 Å². The molecule has 0 N–H and O–H groups in total. The standard InChI is InChI=1S/C78H36F3N13/c79-78(80,81)74-72(93-68-23-15-51(60-19-11-45(37-82)27-56(60)41-86)31-64(68)65-32-52(16-24-69(65)93)61-20-12-46(38-83)28-57(61)42-87)35-55(77-91-75(49-7-3-1-4-8-49)90-76(92-77)50-9-5-2-6-10-50)36-73(74)94-70-25-17-53(62-21-13-47(39-84)29-58(62)43-88)33-66(70)67-34-54(18-26-71(67)94)63-22-14-48(40-85)30-59(63)44-89/h1-36H. The van der Waals surface area contributed by atoms with Gasteiger partial charge in [-0.3, -0.25) is 0 Å². The molecule has 0 unspecified atom stereocenters. The first kappa shape index (κ1) is 57.5. The minimum Gasteiger partial charge on any atom is -0.309 e. The van der Waals surface area contributed by atoms with Crippen LogP contribution in [0.4, 0.5) is 13.2 Å². The summed E-state index contributed by atoms with van der Waals surface area (Å²) in [5, 5.41) is 82.8. The summed E-state index contributed by atoms with van der Waals surface area (Å²) in [5.41, 5.74) is 6.39. The van der Waals surface area contributed by atoms with Crippen LogP contribution < -0.4 is 0 Å². The molecule has 16 heteroatoms. The van der Waals surface area contributed by atoms with Crippen LogP contribution in [0.15, 0.2) is 218 Å². The fourth-order valence-corrected chi connectivity index (χ4v) is 12.4. The van der Waals surface area contributed by atoms with Crippen LogP contribution in [0.5, 0.6) is 0 Å². The van der Waals surface area contributed by atoms with Crippen molar-refractivity contribution in [2.45, 2.75) is 6.18 Å². The normalized spacial score (nSPS) is 11.1. The third-order valence-corrected chi connectivity index (χ3v) is 16.7. The van der Waals surface area contributed by atoms with Gasteiger partial charge in [0.2, 0.25) is 0 Å². The van der Waals surface area contributed by atoms with Crippen molar-refractivity contribution in [2.24, 2.45) is 0 Å². The van der Waals surface area contributed by atoms with Crippen LogP contribution in [0.1, 0.15) is 50.1 Å². The maximum Gasteiger partial charge on any atom is 0.420 e. The summed E-state index contributed by atoms with van der Waals surface area (Å²) >= 11 is 0. The predicted octanol–water partition coefficient (Wildman–Crippen LogP) is 17.7. The predicted molar refractivity (Wildman–Crippen MR) is 349 cm³/mol. The number of fused-ring (bicyclic) bond motifs is 6. The van der Waals surface area contributed by atoms with E-state index in [1.165, 1.54) is 45.5 Å². The van der Waals surface area contributed by atoms with Gasteiger partial charge in [0, 0.05) is 38.2 Å². The molecule has 3 aromatic heterocycles. The maximum atomic E-state index is 17.6. The third-order valence-electron chi connectivity index (χ3n) is 16.7. The number of nitriles is 8. The quantitative estimate of drug-likeness (QED) is 0.132. The topological polar surface area (TPSA) is 239 Å². The van der Waals surface area contributed by atoms with E-state index in [-0.39, 0.29) is 78.9 Å². The average molecular weight is 1210 g/mol. The number of hydrogen-bond donors (Lipinski definition) is 0. The molecule has 0 saturated carbocycles. The van der Waals surface area contributed by atoms with Gasteiger partial charge in [0.1, 0.15) is 5.56 Å². The minimum atomic E-state index is -5.18. The summed E-state index contributed by atoms with van der Waals surface area (Å²) < 4.78 is 56.0. The first-order valence-corrected chi connectivity index (χ1v) is 28.9. The van der Waals surface area contributed by atoms with Gasteiger partial charge in [0.25, 0.3) is 0 Å². The van der Waals surface area contributed by atoms with Gasteiger partial charge < -0.3 is 9.13 Å². The highest BCUT2D eigenvalue weighted by atomic mass is 19.4. The summed E-state index contributed by atoms with van der Waals surface area (Å²) in [4.78, 5) is 15.1. The third kappa shape index (κ3) is 9.84. The summed E-state index contributed by atoms with van der Waals surface area (Å²) in [6, 6.07) is 77.7. The fourth-order valence-electron chi connectivity index (χ4n) is 12.4. The average Bonchev–Trinajstić information content (AvgIpc) is 1.53. The SMILES string of the molecule is N#Cc1ccc(-c2ccc3c(c2)c2cc(-c4ccc(C#N)cc4C#N)ccc2n3-c2cc(-c3nc(-c4ccccc4)nc(-c4ccccc4)n3)cc(-n3c4ccc(-c5ccc(C#N)cc5C#N)cc4c4cc(-c5ccc(C#N)cc5C#N)ccc43)c2C(F)(F)F)c(C#N)c1. The number of halogens is 3. The first-order valence-electron chi connectivity index (χ1n) is 28.9. The van der Waals surface area contributed by atoms with Gasteiger partial charge in [0.15, 0.2) is 17.5 Å². The summed E-state index contributed by atoms with van der Waals surface area (Å²) in [7, 11) is 0. The molecule has 0 amide bonds. The zero-order chi connectivity index (χ0) is 64.9. The number of alkyl halides is 3. The lowest BCUT2D eigenvalue weighted by Crippen LogP contribution is -2.16. The lowest BCUT2D eigenvalue weighted by molar-refractivity contribution is -0.137. The van der Waals surface area contributed by atoms with Crippen LogP contribution in [0.25, 0.3) is 134 Å². The monoisotopic (exact) mass is 1210 g/mol. The minimum absolute atomic E-state index is 0.0176. The molecule has 0 radical (unpaired) electrons. The van der Waals surface area contributed by atoms with Crippen molar-refractivity contribution in [1.82, 2.24) is 24.1 Å². The van der Waals surface area contributed by atoms with E-state index in [2.05, 4.69) is 48.6 Å². The largest absolute Gasteiger partial charge is 0.420 e. The Labute approximate surface area is 533 Å². The number of aromatic nitrogens is 5. The second-order valence-electron chi connectivity index (χ2n) is 22.0. The Kier molecular flexibility index (Phi) is 14.1. The highest BCUT2D eigenvalue weighted by molar-refractivity contribution is 6.14. The van der Waals surface area contributed by atoms with Crippen LogP contribution in [0, 0.1) is 90.6 Å². The van der Waals surface area contributed by atoms with Gasteiger partial charge in [-0.1, -0.05) is 109 Å². The smallest absolute Gasteiger partial charge is 0.309 e. The molecular weight excluding hydrogens is 1180 g/mol. The molecule has 0 aliphatic heterocycles. The molecule has 0 saturated heterocycles. The van der Waals surface area contributed by atoms with E-state index < -0.39 is 11.7 Å². The molecule has 94 heavy (non-hydrogen) atoms. The maximum absolute atomic E-state index is 17.6. The first-order chi connectivity index (χ1) is 45.8. The zero-order valence-electron chi connectivity index (χ0n) is 48.7. The molecule has 14 rings (SSSR count). The van der Waals surface area contributed by atoms with E-state index >= 15 is 13.2 Å². The number of nitrogens with zero attached hydrogens (tertiary/aromatic N) is 13. The molecular formula is C78H36F3N13. The van der Waals surface area contributed by atoms with Crippen molar-refractivity contribution in [3.8, 4) is 139 Å². The van der Waals surface area contributed by atoms with E-state index in [9.17, 15) is 42.1 Å². The molecule has 0 fully saturated rings.